The van der Waals surface area contributed by atoms with Gasteiger partial charge in [-0.25, -0.2) is 0 Å². The third-order valence-corrected chi connectivity index (χ3v) is 4.93. The third-order valence-electron chi connectivity index (χ3n) is 4.60. The van der Waals surface area contributed by atoms with Crippen LogP contribution in [-0.4, -0.2) is 41.7 Å². The Morgan fingerprint density at radius 1 is 1.32 bits per heavy atom. The first-order valence-electron chi connectivity index (χ1n) is 8.20. The number of hydrogen-bond donors (Lipinski definition) is 2. The van der Waals surface area contributed by atoms with Crippen LogP contribution in [0.1, 0.15) is 23.2 Å². The molecule has 1 unspecified atom stereocenters. The fourth-order valence-electron chi connectivity index (χ4n) is 3.19. The summed E-state index contributed by atoms with van der Waals surface area (Å²) < 4.78 is 5.28. The van der Waals surface area contributed by atoms with E-state index in [1.54, 1.807) is 30.5 Å². The number of nitrogens with one attached hydrogen (secondary N) is 1. The van der Waals surface area contributed by atoms with E-state index in [0.717, 1.165) is 0 Å². The number of carbonyl (C=O) groups excluding carboxylic acids is 1. The van der Waals surface area contributed by atoms with E-state index in [9.17, 15) is 14.7 Å². The molecule has 1 atom stereocenters. The van der Waals surface area contributed by atoms with E-state index in [0.29, 0.717) is 47.5 Å². The van der Waals surface area contributed by atoms with E-state index < -0.39 is 11.9 Å². The number of carboxylic acid groups (broad SMARTS) is 1. The van der Waals surface area contributed by atoms with Crippen molar-refractivity contribution in [3.8, 4) is 0 Å². The monoisotopic (exact) mass is 362 g/mol. The number of carbonyl (C=O) groups is 2. The van der Waals surface area contributed by atoms with Crippen LogP contribution in [0.3, 0.4) is 0 Å². The Morgan fingerprint density at radius 2 is 2.08 bits per heavy atom. The highest BCUT2D eigenvalue weighted by molar-refractivity contribution is 6.36. The molecule has 0 aliphatic carbocycles. The van der Waals surface area contributed by atoms with Crippen LogP contribution < -0.4 is 5.32 Å². The van der Waals surface area contributed by atoms with Gasteiger partial charge in [0.25, 0.3) is 5.91 Å². The van der Waals surface area contributed by atoms with Crippen LogP contribution in [0.2, 0.25) is 5.02 Å². The molecule has 0 saturated carbocycles. The van der Waals surface area contributed by atoms with Gasteiger partial charge in [0.1, 0.15) is 0 Å². The fraction of sp³-hybridized carbons (Fsp3) is 0.389. The second kappa shape index (κ2) is 7.80. The van der Waals surface area contributed by atoms with Gasteiger partial charge in [-0.15, -0.1) is 0 Å². The van der Waals surface area contributed by atoms with E-state index >= 15 is 0 Å². The Kier molecular flexibility index (Phi) is 5.50. The van der Waals surface area contributed by atoms with Crippen LogP contribution in [0.25, 0.3) is 10.9 Å². The fourth-order valence-corrected chi connectivity index (χ4v) is 3.41. The van der Waals surface area contributed by atoms with Crippen molar-refractivity contribution in [2.75, 3.05) is 19.8 Å². The summed E-state index contributed by atoms with van der Waals surface area (Å²) in [6, 6.07) is 6.80. The molecular formula is C18H19ClN2O4. The number of nitrogens with zero attached hydrogens (tertiary/aromatic N) is 1. The predicted octanol–water partition coefficient (Wildman–Crippen LogP) is 2.75. The molecule has 1 aromatic heterocycles. The van der Waals surface area contributed by atoms with Crippen LogP contribution >= 0.6 is 11.6 Å². The maximum atomic E-state index is 12.6. The second-order valence-corrected chi connectivity index (χ2v) is 6.51. The van der Waals surface area contributed by atoms with Gasteiger partial charge in [0, 0.05) is 31.3 Å². The minimum Gasteiger partial charge on any atom is -0.481 e. The number of amides is 1. The van der Waals surface area contributed by atoms with Crippen molar-refractivity contribution in [2.45, 2.75) is 12.8 Å². The number of aliphatic carboxylic acids is 1. The van der Waals surface area contributed by atoms with Gasteiger partial charge in [-0.1, -0.05) is 11.6 Å². The lowest BCUT2D eigenvalue weighted by molar-refractivity contribution is -0.144. The summed E-state index contributed by atoms with van der Waals surface area (Å²) in [5.41, 5.74) is 0.890. The highest BCUT2D eigenvalue weighted by atomic mass is 35.5. The SMILES string of the molecule is O=C(NCC(C(=O)O)C1CCOCC1)c1ccc(Cl)c2cccnc12. The lowest BCUT2D eigenvalue weighted by Crippen LogP contribution is -2.39. The molecule has 7 heteroatoms. The molecule has 0 radical (unpaired) electrons. The summed E-state index contributed by atoms with van der Waals surface area (Å²) in [7, 11) is 0. The molecule has 1 amide bonds. The Morgan fingerprint density at radius 3 is 2.80 bits per heavy atom. The maximum absolute atomic E-state index is 12.6. The summed E-state index contributed by atoms with van der Waals surface area (Å²) in [6.07, 6.45) is 2.98. The Balaban J connectivity index is 1.75. The summed E-state index contributed by atoms with van der Waals surface area (Å²) in [5, 5.41) is 13.5. The van der Waals surface area contributed by atoms with E-state index in [-0.39, 0.29) is 18.4 Å². The lowest BCUT2D eigenvalue weighted by atomic mass is 9.86. The van der Waals surface area contributed by atoms with E-state index in [4.69, 9.17) is 16.3 Å². The van der Waals surface area contributed by atoms with Gasteiger partial charge in [0.05, 0.1) is 22.0 Å². The Labute approximate surface area is 150 Å². The van der Waals surface area contributed by atoms with Gasteiger partial charge < -0.3 is 15.2 Å². The molecule has 0 spiro atoms. The number of hydrogen-bond acceptors (Lipinski definition) is 4. The number of benzene rings is 1. The van der Waals surface area contributed by atoms with Crippen molar-refractivity contribution in [3.63, 3.8) is 0 Å². The van der Waals surface area contributed by atoms with Crippen LogP contribution in [0.4, 0.5) is 0 Å². The largest absolute Gasteiger partial charge is 0.481 e. The predicted molar refractivity (Wildman–Crippen MR) is 93.8 cm³/mol. The highest BCUT2D eigenvalue weighted by Crippen LogP contribution is 2.26. The number of rotatable bonds is 5. The lowest BCUT2D eigenvalue weighted by Gasteiger charge is -2.27. The first-order valence-corrected chi connectivity index (χ1v) is 8.57. The van der Waals surface area contributed by atoms with Crippen molar-refractivity contribution in [2.24, 2.45) is 11.8 Å². The topological polar surface area (TPSA) is 88.5 Å². The number of carboxylic acids is 1. The van der Waals surface area contributed by atoms with Crippen molar-refractivity contribution in [1.29, 1.82) is 0 Å². The average Bonchev–Trinajstić information content (AvgIpc) is 2.63. The second-order valence-electron chi connectivity index (χ2n) is 6.10. The van der Waals surface area contributed by atoms with Gasteiger partial charge in [-0.2, -0.15) is 0 Å². The van der Waals surface area contributed by atoms with Gasteiger partial charge in [-0.05, 0) is 43.0 Å². The molecule has 1 aliphatic rings. The van der Waals surface area contributed by atoms with Crippen LogP contribution in [-0.2, 0) is 9.53 Å². The molecule has 25 heavy (non-hydrogen) atoms. The zero-order valence-electron chi connectivity index (χ0n) is 13.6. The minimum atomic E-state index is -0.897. The molecular weight excluding hydrogens is 344 g/mol. The quantitative estimate of drug-likeness (QED) is 0.853. The van der Waals surface area contributed by atoms with Crippen molar-refractivity contribution >= 4 is 34.4 Å². The van der Waals surface area contributed by atoms with E-state index in [1.807, 2.05) is 0 Å². The molecule has 3 rings (SSSR count). The van der Waals surface area contributed by atoms with Gasteiger partial charge in [0.2, 0.25) is 0 Å². The smallest absolute Gasteiger partial charge is 0.308 e. The molecule has 2 N–H and O–H groups in total. The molecule has 6 nitrogen and oxygen atoms in total. The Hall–Kier alpha value is -2.18. The zero-order chi connectivity index (χ0) is 17.8. The summed E-state index contributed by atoms with van der Waals surface area (Å²) in [5.74, 6) is -1.86. The van der Waals surface area contributed by atoms with Crippen molar-refractivity contribution in [3.05, 3.63) is 41.0 Å². The summed E-state index contributed by atoms with van der Waals surface area (Å²) in [4.78, 5) is 28.4. The van der Waals surface area contributed by atoms with Gasteiger partial charge in [-0.3, -0.25) is 14.6 Å². The highest BCUT2D eigenvalue weighted by Gasteiger charge is 2.30. The normalized spacial score (nSPS) is 16.5. The molecule has 2 aromatic rings. The van der Waals surface area contributed by atoms with Gasteiger partial charge in [0.15, 0.2) is 0 Å². The van der Waals surface area contributed by atoms with Crippen molar-refractivity contribution < 1.29 is 19.4 Å². The number of fused-ring (bicyclic) bond motifs is 1. The van der Waals surface area contributed by atoms with Crippen LogP contribution in [0, 0.1) is 11.8 Å². The molecule has 1 aliphatic heterocycles. The zero-order valence-corrected chi connectivity index (χ0v) is 14.3. The molecule has 1 fully saturated rings. The number of halogens is 1. The van der Waals surface area contributed by atoms with E-state index in [2.05, 4.69) is 10.3 Å². The maximum Gasteiger partial charge on any atom is 0.308 e. The third kappa shape index (κ3) is 3.91. The molecule has 2 heterocycles. The van der Waals surface area contributed by atoms with Gasteiger partial charge >= 0.3 is 5.97 Å². The molecule has 1 aromatic carbocycles. The molecule has 132 valence electrons. The standard InChI is InChI=1S/C18H19ClN2O4/c19-15-4-3-13(16-12(15)2-1-7-20-16)17(22)21-10-14(18(23)24)11-5-8-25-9-6-11/h1-4,7,11,14H,5-6,8-10H2,(H,21,22)(H,23,24). The van der Waals surface area contributed by atoms with Crippen LogP contribution in [0.5, 0.6) is 0 Å². The molecule has 0 bridgehead atoms. The Bertz CT molecular complexity index is 790. The summed E-state index contributed by atoms with van der Waals surface area (Å²) >= 11 is 6.14. The first kappa shape index (κ1) is 17.6. The van der Waals surface area contributed by atoms with Crippen molar-refractivity contribution in [1.82, 2.24) is 10.3 Å². The molecule has 1 saturated heterocycles. The van der Waals surface area contributed by atoms with Crippen LogP contribution in [0.15, 0.2) is 30.5 Å². The van der Waals surface area contributed by atoms with E-state index in [1.165, 1.54) is 0 Å². The minimum absolute atomic E-state index is 0.00615. The number of ether oxygens (including phenoxy) is 1. The number of aromatic nitrogens is 1. The number of pyridine rings is 1. The first-order chi connectivity index (χ1) is 12.1. The average molecular weight is 363 g/mol. The summed E-state index contributed by atoms with van der Waals surface area (Å²) in [6.45, 7) is 1.21.